The van der Waals surface area contributed by atoms with E-state index in [4.69, 9.17) is 23.2 Å². The van der Waals surface area contributed by atoms with Gasteiger partial charge in [0.2, 0.25) is 0 Å². The molecule has 0 unspecified atom stereocenters. The average Bonchev–Trinajstić information content (AvgIpc) is 2.38. The van der Waals surface area contributed by atoms with Crippen LogP contribution in [0.25, 0.3) is 0 Å². The van der Waals surface area contributed by atoms with Crippen molar-refractivity contribution in [2.75, 3.05) is 20.1 Å². The molecule has 1 aromatic rings. The first-order valence-electron chi connectivity index (χ1n) is 5.98. The molecule has 0 aliphatic carbocycles. The van der Waals surface area contributed by atoms with Gasteiger partial charge in [-0.3, -0.25) is 0 Å². The summed E-state index contributed by atoms with van der Waals surface area (Å²) in [6.45, 7) is 2.29. The normalized spacial score (nSPS) is 16.2. The number of benzene rings is 1. The molecule has 1 aliphatic heterocycles. The Bertz CT molecular complexity index is 336. The molecule has 1 aromatic carbocycles. The second-order valence-electron chi connectivity index (χ2n) is 4.15. The van der Waals surface area contributed by atoms with Crippen LogP contribution in [0.2, 0.25) is 10.0 Å². The van der Waals surface area contributed by atoms with Crippen LogP contribution in [0.5, 0.6) is 0 Å². The maximum Gasteiger partial charge on any atom is 0.0595 e. The summed E-state index contributed by atoms with van der Waals surface area (Å²) >= 11 is 11.9. The minimum Gasteiger partial charge on any atom is -0.333 e. The smallest absolute Gasteiger partial charge is 0.0595 e. The second-order valence-corrected chi connectivity index (χ2v) is 4.96. The summed E-state index contributed by atoms with van der Waals surface area (Å²) in [6, 6.07) is 5.96. The summed E-state index contributed by atoms with van der Waals surface area (Å²) in [6.07, 6.45) is 3.65. The van der Waals surface area contributed by atoms with Gasteiger partial charge in [-0.25, -0.2) is 0 Å². The fourth-order valence-corrected chi connectivity index (χ4v) is 2.41. The fourth-order valence-electron chi connectivity index (χ4n) is 2.09. The van der Waals surface area contributed by atoms with Gasteiger partial charge in [0.25, 0.3) is 0 Å². The third-order valence-electron chi connectivity index (χ3n) is 2.97. The van der Waals surface area contributed by atoms with Gasteiger partial charge >= 0.3 is 0 Å². The van der Waals surface area contributed by atoms with Gasteiger partial charge in [-0.1, -0.05) is 29.3 Å². The van der Waals surface area contributed by atoms with Crippen LogP contribution in [0.1, 0.15) is 18.4 Å². The topological polar surface area (TPSA) is 38.0 Å². The molecule has 2 nitrogen and oxygen atoms in total. The van der Waals surface area contributed by atoms with Gasteiger partial charge in [0.15, 0.2) is 0 Å². The van der Waals surface area contributed by atoms with Crippen molar-refractivity contribution in [1.82, 2.24) is 5.32 Å². The Morgan fingerprint density at radius 3 is 2.41 bits per heavy atom. The molecular formula is C13H20Cl2N2. The van der Waals surface area contributed by atoms with Crippen molar-refractivity contribution in [3.05, 3.63) is 33.8 Å². The average molecular weight is 275 g/mol. The van der Waals surface area contributed by atoms with Crippen LogP contribution in [0.3, 0.4) is 0 Å². The highest BCUT2D eigenvalue weighted by Crippen LogP contribution is 2.25. The van der Waals surface area contributed by atoms with E-state index in [1.54, 1.807) is 0 Å². The van der Waals surface area contributed by atoms with Gasteiger partial charge in [0, 0.05) is 0 Å². The maximum absolute atomic E-state index is 5.99. The van der Waals surface area contributed by atoms with Gasteiger partial charge in [-0.05, 0) is 63.0 Å². The van der Waals surface area contributed by atoms with Crippen LogP contribution in [-0.2, 0) is 6.42 Å². The highest BCUT2D eigenvalue weighted by Gasteiger charge is 2.13. The summed E-state index contributed by atoms with van der Waals surface area (Å²) < 4.78 is 0. The highest BCUT2D eigenvalue weighted by atomic mass is 35.5. The van der Waals surface area contributed by atoms with Crippen LogP contribution in [0.15, 0.2) is 18.2 Å². The SMILES string of the molecule is CN.Clc1ccc(CC2CCNCC2)cc1Cl. The Balaban J connectivity index is 0.000000686. The largest absolute Gasteiger partial charge is 0.333 e. The van der Waals surface area contributed by atoms with Crippen molar-refractivity contribution in [2.45, 2.75) is 19.3 Å². The molecule has 2 rings (SSSR count). The van der Waals surface area contributed by atoms with E-state index in [9.17, 15) is 0 Å². The van der Waals surface area contributed by atoms with Crippen LogP contribution in [0.4, 0.5) is 0 Å². The third kappa shape index (κ3) is 4.84. The zero-order valence-corrected chi connectivity index (χ0v) is 11.7. The molecule has 0 bridgehead atoms. The van der Waals surface area contributed by atoms with Crippen molar-refractivity contribution < 1.29 is 0 Å². The van der Waals surface area contributed by atoms with E-state index >= 15 is 0 Å². The lowest BCUT2D eigenvalue weighted by atomic mass is 9.91. The van der Waals surface area contributed by atoms with Crippen LogP contribution in [-0.4, -0.2) is 20.1 Å². The van der Waals surface area contributed by atoms with Gasteiger partial charge < -0.3 is 11.1 Å². The summed E-state index contributed by atoms with van der Waals surface area (Å²) in [4.78, 5) is 0. The maximum atomic E-state index is 5.99. The van der Waals surface area contributed by atoms with Gasteiger partial charge in [0.1, 0.15) is 0 Å². The lowest BCUT2D eigenvalue weighted by Crippen LogP contribution is -2.28. The molecule has 96 valence electrons. The molecule has 0 saturated carbocycles. The molecule has 1 aliphatic rings. The molecular weight excluding hydrogens is 255 g/mol. The predicted molar refractivity (Wildman–Crippen MR) is 75.9 cm³/mol. The Morgan fingerprint density at radius 1 is 1.18 bits per heavy atom. The molecule has 0 radical (unpaired) electrons. The number of nitrogens with two attached hydrogens (primary N) is 1. The molecule has 0 amide bonds. The van der Waals surface area contributed by atoms with E-state index in [0.29, 0.717) is 10.0 Å². The number of piperidine rings is 1. The second kappa shape index (κ2) is 7.93. The quantitative estimate of drug-likeness (QED) is 0.870. The number of hydrogen-bond donors (Lipinski definition) is 2. The number of hydrogen-bond acceptors (Lipinski definition) is 2. The highest BCUT2D eigenvalue weighted by molar-refractivity contribution is 6.42. The van der Waals surface area contributed by atoms with E-state index in [2.05, 4.69) is 17.1 Å². The first kappa shape index (κ1) is 14.8. The minimum atomic E-state index is 0.644. The number of nitrogens with one attached hydrogen (secondary N) is 1. The Hall–Kier alpha value is -0.280. The van der Waals surface area contributed by atoms with Crippen molar-refractivity contribution in [2.24, 2.45) is 11.7 Å². The van der Waals surface area contributed by atoms with Crippen molar-refractivity contribution >= 4 is 23.2 Å². The standard InChI is InChI=1S/C12H15Cl2N.CH5N/c13-11-2-1-10(8-12(11)14)7-9-3-5-15-6-4-9;1-2/h1-2,8-9,15H,3-7H2;2H2,1H3. The monoisotopic (exact) mass is 274 g/mol. The van der Waals surface area contributed by atoms with E-state index in [0.717, 1.165) is 25.4 Å². The van der Waals surface area contributed by atoms with Crippen molar-refractivity contribution in [3.8, 4) is 0 Å². The predicted octanol–water partition coefficient (Wildman–Crippen LogP) is 3.11. The number of rotatable bonds is 2. The van der Waals surface area contributed by atoms with Gasteiger partial charge in [-0.2, -0.15) is 0 Å². The molecule has 4 heteroatoms. The van der Waals surface area contributed by atoms with Crippen LogP contribution >= 0.6 is 23.2 Å². The number of halogens is 2. The summed E-state index contributed by atoms with van der Waals surface area (Å²) in [7, 11) is 1.50. The van der Waals surface area contributed by atoms with Crippen LogP contribution in [0, 0.1) is 5.92 Å². The zero-order chi connectivity index (χ0) is 12.7. The molecule has 0 spiro atoms. The molecule has 1 heterocycles. The lowest BCUT2D eigenvalue weighted by molar-refractivity contribution is 0.372. The first-order valence-corrected chi connectivity index (χ1v) is 6.73. The minimum absolute atomic E-state index is 0.644. The molecule has 0 atom stereocenters. The Labute approximate surface area is 113 Å². The summed E-state index contributed by atoms with van der Waals surface area (Å²) in [5.41, 5.74) is 5.80. The Morgan fingerprint density at radius 2 is 1.82 bits per heavy atom. The third-order valence-corrected chi connectivity index (χ3v) is 3.71. The van der Waals surface area contributed by atoms with E-state index < -0.39 is 0 Å². The van der Waals surface area contributed by atoms with Gasteiger partial charge in [0.05, 0.1) is 10.0 Å². The molecule has 1 fully saturated rings. The fraction of sp³-hybridized carbons (Fsp3) is 0.538. The summed E-state index contributed by atoms with van der Waals surface area (Å²) in [5, 5.41) is 4.69. The molecule has 17 heavy (non-hydrogen) atoms. The summed E-state index contributed by atoms with van der Waals surface area (Å²) in [5.74, 6) is 0.795. The van der Waals surface area contributed by atoms with Crippen molar-refractivity contribution in [1.29, 1.82) is 0 Å². The van der Waals surface area contributed by atoms with Crippen molar-refractivity contribution in [3.63, 3.8) is 0 Å². The Kier molecular flexibility index (Phi) is 6.90. The van der Waals surface area contributed by atoms with Crippen LogP contribution < -0.4 is 11.1 Å². The van der Waals surface area contributed by atoms with E-state index in [1.807, 2.05) is 12.1 Å². The molecule has 1 saturated heterocycles. The molecule has 3 N–H and O–H groups in total. The zero-order valence-electron chi connectivity index (χ0n) is 10.2. The first-order chi connectivity index (χ1) is 8.25. The van der Waals surface area contributed by atoms with E-state index in [1.165, 1.54) is 25.5 Å². The van der Waals surface area contributed by atoms with E-state index in [-0.39, 0.29) is 0 Å². The lowest BCUT2D eigenvalue weighted by Gasteiger charge is -2.22. The molecule has 0 aromatic heterocycles. The van der Waals surface area contributed by atoms with Gasteiger partial charge in [-0.15, -0.1) is 0 Å².